The van der Waals surface area contributed by atoms with E-state index in [1.54, 1.807) is 0 Å². The molecular weight excluding hydrogens is 410 g/mol. The standard InChI is InChI=1S/C25H30ClN3O2/c1-17(2)24(28-23(30)15-18-3-5-19(16-27)6-4-18)25(31)29-13-11-21(12-14-29)20-7-9-22(26)10-8-20/h3-10,16-17,21,24,27H,11-15H2,1-2H3,(H,28,30)/t24-/m1/s1. The number of carbonyl (C=O) groups excluding carboxylic acids is 2. The van der Waals surface area contributed by atoms with Gasteiger partial charge in [-0.1, -0.05) is 61.8 Å². The summed E-state index contributed by atoms with van der Waals surface area (Å²) in [5.74, 6) is 0.269. The molecule has 1 aliphatic rings. The van der Waals surface area contributed by atoms with Crippen molar-refractivity contribution in [3.05, 3.63) is 70.2 Å². The van der Waals surface area contributed by atoms with Gasteiger partial charge < -0.3 is 15.6 Å². The highest BCUT2D eigenvalue weighted by molar-refractivity contribution is 6.30. The third-order valence-corrected chi connectivity index (χ3v) is 6.16. The van der Waals surface area contributed by atoms with E-state index in [-0.39, 0.29) is 24.2 Å². The van der Waals surface area contributed by atoms with Crippen molar-refractivity contribution >= 4 is 29.6 Å². The SMILES string of the molecule is CC(C)[C@@H](NC(=O)Cc1ccc(C=N)cc1)C(=O)N1CCC(c2ccc(Cl)cc2)CC1. The van der Waals surface area contributed by atoms with Gasteiger partial charge >= 0.3 is 0 Å². The fraction of sp³-hybridized carbons (Fsp3) is 0.400. The fourth-order valence-electron chi connectivity index (χ4n) is 4.02. The average molecular weight is 440 g/mol. The van der Waals surface area contributed by atoms with Crippen molar-refractivity contribution in [1.29, 1.82) is 5.41 Å². The Balaban J connectivity index is 1.56. The number of hydrogen-bond acceptors (Lipinski definition) is 3. The van der Waals surface area contributed by atoms with Gasteiger partial charge in [-0.2, -0.15) is 0 Å². The molecule has 0 aromatic heterocycles. The molecule has 0 spiro atoms. The molecule has 164 valence electrons. The summed E-state index contributed by atoms with van der Waals surface area (Å²) in [4.78, 5) is 27.6. The maximum atomic E-state index is 13.2. The molecular formula is C25H30ClN3O2. The summed E-state index contributed by atoms with van der Waals surface area (Å²) in [7, 11) is 0. The predicted octanol–water partition coefficient (Wildman–Crippen LogP) is 4.43. The molecule has 1 fully saturated rings. The van der Waals surface area contributed by atoms with Crippen molar-refractivity contribution in [2.75, 3.05) is 13.1 Å². The lowest BCUT2D eigenvalue weighted by atomic mass is 9.89. The second-order valence-corrected chi connectivity index (χ2v) is 8.94. The number of hydrogen-bond donors (Lipinski definition) is 2. The van der Waals surface area contributed by atoms with Gasteiger partial charge in [-0.25, -0.2) is 0 Å². The van der Waals surface area contributed by atoms with Crippen molar-refractivity contribution < 1.29 is 9.59 Å². The molecule has 2 amide bonds. The molecule has 0 aliphatic carbocycles. The predicted molar refractivity (Wildman–Crippen MR) is 125 cm³/mol. The Bertz CT molecular complexity index is 901. The number of halogens is 1. The summed E-state index contributed by atoms with van der Waals surface area (Å²) >= 11 is 5.99. The molecule has 31 heavy (non-hydrogen) atoms. The Hall–Kier alpha value is -2.66. The summed E-state index contributed by atoms with van der Waals surface area (Å²) in [6.07, 6.45) is 3.30. The molecule has 0 saturated carbocycles. The summed E-state index contributed by atoms with van der Waals surface area (Å²) in [5, 5.41) is 10.9. The molecule has 0 radical (unpaired) electrons. The van der Waals surface area contributed by atoms with Gasteiger partial charge in [0.25, 0.3) is 0 Å². The highest BCUT2D eigenvalue weighted by atomic mass is 35.5. The Kier molecular flexibility index (Phi) is 7.85. The number of nitrogens with zero attached hydrogens (tertiary/aromatic N) is 1. The van der Waals surface area contributed by atoms with Gasteiger partial charge in [0.15, 0.2) is 0 Å². The third kappa shape index (κ3) is 6.17. The molecule has 1 heterocycles. The maximum absolute atomic E-state index is 13.2. The van der Waals surface area contributed by atoms with E-state index in [1.807, 2.05) is 55.1 Å². The first-order chi connectivity index (χ1) is 14.9. The monoisotopic (exact) mass is 439 g/mol. The van der Waals surface area contributed by atoms with Gasteiger partial charge in [-0.05, 0) is 53.5 Å². The Morgan fingerprint density at radius 3 is 2.26 bits per heavy atom. The van der Waals surface area contributed by atoms with Crippen LogP contribution in [0.3, 0.4) is 0 Å². The van der Waals surface area contributed by atoms with Crippen molar-refractivity contribution in [1.82, 2.24) is 10.2 Å². The van der Waals surface area contributed by atoms with Crippen LogP contribution in [0.25, 0.3) is 0 Å². The van der Waals surface area contributed by atoms with Crippen LogP contribution in [0.4, 0.5) is 0 Å². The molecule has 3 rings (SSSR count). The van der Waals surface area contributed by atoms with E-state index in [9.17, 15) is 9.59 Å². The van der Waals surface area contributed by atoms with E-state index < -0.39 is 6.04 Å². The summed E-state index contributed by atoms with van der Waals surface area (Å²) in [6.45, 7) is 5.30. The van der Waals surface area contributed by atoms with Crippen molar-refractivity contribution in [2.24, 2.45) is 5.92 Å². The van der Waals surface area contributed by atoms with E-state index in [1.165, 1.54) is 11.8 Å². The van der Waals surface area contributed by atoms with E-state index in [4.69, 9.17) is 17.0 Å². The molecule has 6 heteroatoms. The smallest absolute Gasteiger partial charge is 0.245 e. The topological polar surface area (TPSA) is 73.3 Å². The molecule has 1 saturated heterocycles. The van der Waals surface area contributed by atoms with Crippen LogP contribution in [0.5, 0.6) is 0 Å². The lowest BCUT2D eigenvalue weighted by Crippen LogP contribution is -2.53. The fourth-order valence-corrected chi connectivity index (χ4v) is 4.15. The molecule has 0 bridgehead atoms. The second-order valence-electron chi connectivity index (χ2n) is 8.50. The van der Waals surface area contributed by atoms with Crippen LogP contribution in [0.2, 0.25) is 5.02 Å². The zero-order valence-corrected chi connectivity index (χ0v) is 18.9. The molecule has 5 nitrogen and oxygen atoms in total. The van der Waals surface area contributed by atoms with Gasteiger partial charge in [-0.3, -0.25) is 9.59 Å². The molecule has 1 atom stereocenters. The number of likely N-dealkylation sites (tertiary alicyclic amines) is 1. The van der Waals surface area contributed by atoms with E-state index >= 15 is 0 Å². The van der Waals surface area contributed by atoms with E-state index in [0.717, 1.165) is 29.0 Å². The minimum absolute atomic E-state index is 0.00272. The highest BCUT2D eigenvalue weighted by Gasteiger charge is 2.31. The zero-order valence-electron chi connectivity index (χ0n) is 18.1. The highest BCUT2D eigenvalue weighted by Crippen LogP contribution is 2.29. The minimum atomic E-state index is -0.527. The summed E-state index contributed by atoms with van der Waals surface area (Å²) < 4.78 is 0. The van der Waals surface area contributed by atoms with Gasteiger partial charge in [-0.15, -0.1) is 0 Å². The van der Waals surface area contributed by atoms with E-state index in [0.29, 0.717) is 19.0 Å². The number of rotatable bonds is 7. The number of carbonyl (C=O) groups is 2. The zero-order chi connectivity index (χ0) is 22.4. The number of piperidine rings is 1. The quantitative estimate of drug-likeness (QED) is 0.626. The van der Waals surface area contributed by atoms with Crippen LogP contribution < -0.4 is 5.32 Å². The summed E-state index contributed by atoms with van der Waals surface area (Å²) in [5.41, 5.74) is 2.92. The molecule has 2 aromatic rings. The first-order valence-corrected chi connectivity index (χ1v) is 11.2. The molecule has 2 N–H and O–H groups in total. The Labute approximate surface area is 189 Å². The average Bonchev–Trinajstić information content (AvgIpc) is 2.78. The van der Waals surface area contributed by atoms with Gasteiger partial charge in [0.05, 0.1) is 6.42 Å². The third-order valence-electron chi connectivity index (χ3n) is 5.91. The lowest BCUT2D eigenvalue weighted by Gasteiger charge is -2.35. The number of benzene rings is 2. The van der Waals surface area contributed by atoms with Crippen LogP contribution >= 0.6 is 11.6 Å². The van der Waals surface area contributed by atoms with Crippen molar-refractivity contribution in [2.45, 2.75) is 45.1 Å². The maximum Gasteiger partial charge on any atom is 0.245 e. The van der Waals surface area contributed by atoms with Crippen LogP contribution in [-0.2, 0) is 16.0 Å². The van der Waals surface area contributed by atoms with E-state index in [2.05, 4.69) is 17.4 Å². The van der Waals surface area contributed by atoms with Crippen LogP contribution in [0.15, 0.2) is 48.5 Å². The number of amides is 2. The van der Waals surface area contributed by atoms with Crippen molar-refractivity contribution in [3.63, 3.8) is 0 Å². The normalized spacial score (nSPS) is 15.5. The largest absolute Gasteiger partial charge is 0.344 e. The molecule has 1 aliphatic heterocycles. The first-order valence-electron chi connectivity index (χ1n) is 10.8. The minimum Gasteiger partial charge on any atom is -0.344 e. The Morgan fingerprint density at radius 1 is 1.10 bits per heavy atom. The van der Waals surface area contributed by atoms with Crippen LogP contribution in [0, 0.1) is 11.3 Å². The Morgan fingerprint density at radius 2 is 1.71 bits per heavy atom. The molecule has 0 unspecified atom stereocenters. The van der Waals surface area contributed by atoms with Crippen LogP contribution in [-0.4, -0.2) is 42.1 Å². The first kappa shape index (κ1) is 23.0. The second kappa shape index (κ2) is 10.6. The molecule has 2 aromatic carbocycles. The van der Waals surface area contributed by atoms with Crippen molar-refractivity contribution in [3.8, 4) is 0 Å². The van der Waals surface area contributed by atoms with Gasteiger partial charge in [0, 0.05) is 24.3 Å². The van der Waals surface area contributed by atoms with Gasteiger partial charge in [0.2, 0.25) is 11.8 Å². The number of nitrogens with one attached hydrogen (secondary N) is 2. The summed E-state index contributed by atoms with van der Waals surface area (Å²) in [6, 6.07) is 14.7. The lowest BCUT2D eigenvalue weighted by molar-refractivity contribution is -0.138. The van der Waals surface area contributed by atoms with Crippen LogP contribution in [0.1, 0.15) is 49.3 Å². The van der Waals surface area contributed by atoms with Gasteiger partial charge in [0.1, 0.15) is 6.04 Å².